The molecule has 7 nitrogen and oxygen atoms in total. The molecule has 4 rings (SSSR count). The number of carboxylic acid groups (broad SMARTS) is 1. The van der Waals surface area contributed by atoms with E-state index in [1.54, 1.807) is 56.3 Å². The number of rotatable bonds is 6. The minimum absolute atomic E-state index is 0.00175. The predicted octanol–water partition coefficient (Wildman–Crippen LogP) is 3.34. The van der Waals surface area contributed by atoms with Crippen LogP contribution in [0.4, 0.5) is 0 Å². The number of Topliss-reactive ketones (excluding diaryl/α,β-unsaturated/α-hetero) is 1. The summed E-state index contributed by atoms with van der Waals surface area (Å²) in [5.74, 6) is 0.192. The Balaban J connectivity index is 1.97. The lowest BCUT2D eigenvalue weighted by Gasteiger charge is -2.48. The lowest BCUT2D eigenvalue weighted by molar-refractivity contribution is -0.155. The maximum Gasteiger partial charge on any atom is 0.349 e. The van der Waals surface area contributed by atoms with Crippen LogP contribution < -0.4 is 9.47 Å². The van der Waals surface area contributed by atoms with E-state index in [2.05, 4.69) is 0 Å². The normalized spacial score (nSPS) is 19.8. The summed E-state index contributed by atoms with van der Waals surface area (Å²) in [7, 11) is 6.61. The van der Waals surface area contributed by atoms with Crippen molar-refractivity contribution in [3.63, 3.8) is 0 Å². The van der Waals surface area contributed by atoms with Crippen molar-refractivity contribution < 1.29 is 24.2 Å². The van der Waals surface area contributed by atoms with Crippen LogP contribution in [0.25, 0.3) is 5.70 Å². The zero-order valence-electron chi connectivity index (χ0n) is 19.3. The maximum atomic E-state index is 13.1. The Morgan fingerprint density at radius 2 is 1.88 bits per heavy atom. The Labute approximate surface area is 193 Å². The molecule has 1 atom stereocenters. The van der Waals surface area contributed by atoms with Gasteiger partial charge in [-0.3, -0.25) is 9.69 Å². The van der Waals surface area contributed by atoms with Crippen molar-refractivity contribution >= 4 is 17.4 Å². The molecule has 0 saturated carbocycles. The highest BCUT2D eigenvalue weighted by atomic mass is 16.5. The predicted molar refractivity (Wildman–Crippen MR) is 125 cm³/mol. The molecule has 172 valence electrons. The molecule has 0 radical (unpaired) electrons. The van der Waals surface area contributed by atoms with Crippen molar-refractivity contribution in [3.8, 4) is 11.5 Å². The monoisotopic (exact) mass is 448 g/mol. The number of allylic oxidation sites excluding steroid dienone is 2. The third-order valence-corrected chi connectivity index (χ3v) is 6.43. The maximum absolute atomic E-state index is 13.1. The molecular weight excluding hydrogens is 420 g/mol. The van der Waals surface area contributed by atoms with Gasteiger partial charge in [-0.25, -0.2) is 4.79 Å². The van der Waals surface area contributed by atoms with Crippen molar-refractivity contribution in [1.29, 1.82) is 0 Å². The second kappa shape index (κ2) is 8.75. The number of aliphatic carboxylic acids is 1. The number of ketones is 1. The van der Waals surface area contributed by atoms with Crippen LogP contribution in [0.1, 0.15) is 23.1 Å². The number of hydrogen-bond acceptors (Lipinski definition) is 6. The summed E-state index contributed by atoms with van der Waals surface area (Å²) >= 11 is 0. The number of benzene rings is 2. The van der Waals surface area contributed by atoms with Crippen molar-refractivity contribution in [1.82, 2.24) is 9.80 Å². The van der Waals surface area contributed by atoms with Gasteiger partial charge in [-0.15, -0.1) is 0 Å². The largest absolute Gasteiger partial charge is 0.497 e. The van der Waals surface area contributed by atoms with E-state index in [9.17, 15) is 14.7 Å². The molecule has 33 heavy (non-hydrogen) atoms. The molecule has 0 fully saturated rings. The van der Waals surface area contributed by atoms with E-state index in [-0.39, 0.29) is 12.3 Å². The van der Waals surface area contributed by atoms with Crippen LogP contribution in [0.3, 0.4) is 0 Å². The molecule has 0 bridgehead atoms. The van der Waals surface area contributed by atoms with E-state index in [0.717, 1.165) is 16.7 Å². The number of carbonyl (C=O) groups excluding carboxylic acids is 1. The Morgan fingerprint density at radius 3 is 2.55 bits per heavy atom. The minimum Gasteiger partial charge on any atom is -0.497 e. The number of aryl methyl sites for hydroxylation is 1. The summed E-state index contributed by atoms with van der Waals surface area (Å²) in [6.45, 7) is 0.211. The highest BCUT2D eigenvalue weighted by Crippen LogP contribution is 2.43. The highest BCUT2D eigenvalue weighted by Gasteiger charge is 2.49. The molecule has 2 aliphatic rings. The fraction of sp³-hybridized carbons (Fsp3) is 0.308. The molecule has 1 unspecified atom stereocenters. The number of ether oxygens (including phenoxy) is 2. The first-order valence-corrected chi connectivity index (χ1v) is 10.8. The molecule has 0 amide bonds. The first-order chi connectivity index (χ1) is 15.8. The fourth-order valence-electron chi connectivity index (χ4n) is 4.67. The molecule has 0 aromatic heterocycles. The number of hydrogen-bond donors (Lipinski definition) is 1. The average Bonchev–Trinajstić information content (AvgIpc) is 2.96. The summed E-state index contributed by atoms with van der Waals surface area (Å²) in [4.78, 5) is 29.4. The summed E-state index contributed by atoms with van der Waals surface area (Å²) in [6, 6.07) is 13.3. The van der Waals surface area contributed by atoms with Crippen LogP contribution in [0.15, 0.2) is 60.2 Å². The summed E-state index contributed by atoms with van der Waals surface area (Å²) < 4.78 is 10.9. The van der Waals surface area contributed by atoms with Gasteiger partial charge in [0.2, 0.25) is 5.66 Å². The van der Waals surface area contributed by atoms with Gasteiger partial charge in [0.05, 0.1) is 19.9 Å². The third kappa shape index (κ3) is 3.68. The lowest BCUT2D eigenvalue weighted by atomic mass is 9.90. The van der Waals surface area contributed by atoms with Gasteiger partial charge in [-0.05, 0) is 50.4 Å². The standard InChI is InChI=1S/C26H28N2O5/c1-27(2)26(25(30)31)14-13-21-22(29)12-10-17-7-5-6-8-20(17)24(21)28(26)16-18-9-11-19(32-3)15-23(18)33-4/h5-9,11,13-15H,10,12,16H2,1-4H3,(H,30,31). The zero-order chi connectivity index (χ0) is 23.8. The molecule has 0 spiro atoms. The molecule has 1 N–H and O–H groups in total. The molecule has 1 heterocycles. The van der Waals surface area contributed by atoms with Crippen LogP contribution in [-0.2, 0) is 22.6 Å². The molecule has 0 saturated heterocycles. The minimum atomic E-state index is -1.50. The Bertz CT molecular complexity index is 1170. The van der Waals surface area contributed by atoms with E-state index in [4.69, 9.17) is 9.47 Å². The summed E-state index contributed by atoms with van der Waals surface area (Å²) in [6.07, 6.45) is 4.27. The topological polar surface area (TPSA) is 79.3 Å². The lowest BCUT2D eigenvalue weighted by Crippen LogP contribution is -2.62. The van der Waals surface area contributed by atoms with E-state index in [0.29, 0.717) is 35.6 Å². The Hall–Kier alpha value is -3.58. The van der Waals surface area contributed by atoms with Gasteiger partial charge in [0.1, 0.15) is 11.5 Å². The van der Waals surface area contributed by atoms with E-state index in [1.165, 1.54) is 0 Å². The number of methoxy groups -OCH3 is 2. The van der Waals surface area contributed by atoms with Crippen molar-refractivity contribution in [3.05, 3.63) is 76.9 Å². The number of carbonyl (C=O) groups is 2. The van der Waals surface area contributed by atoms with Crippen molar-refractivity contribution in [2.24, 2.45) is 0 Å². The van der Waals surface area contributed by atoms with E-state index in [1.807, 2.05) is 36.4 Å². The molecule has 7 heteroatoms. The summed E-state index contributed by atoms with van der Waals surface area (Å²) in [5, 5.41) is 10.5. The quantitative estimate of drug-likeness (QED) is 0.726. The van der Waals surface area contributed by atoms with Crippen molar-refractivity contribution in [2.45, 2.75) is 25.0 Å². The van der Waals surface area contributed by atoms with Crippen LogP contribution in [0.5, 0.6) is 11.5 Å². The molecule has 2 aromatic carbocycles. The van der Waals surface area contributed by atoms with Gasteiger partial charge >= 0.3 is 5.97 Å². The number of nitrogens with zero attached hydrogens (tertiary/aromatic N) is 2. The van der Waals surface area contributed by atoms with Gasteiger partial charge in [0, 0.05) is 35.7 Å². The molecule has 1 aliphatic heterocycles. The van der Waals surface area contributed by atoms with Crippen molar-refractivity contribution in [2.75, 3.05) is 28.3 Å². The van der Waals surface area contributed by atoms with E-state index >= 15 is 0 Å². The van der Waals surface area contributed by atoms with Crippen LogP contribution in [0, 0.1) is 0 Å². The van der Waals surface area contributed by atoms with Gasteiger partial charge in [0.25, 0.3) is 0 Å². The Morgan fingerprint density at radius 1 is 1.12 bits per heavy atom. The van der Waals surface area contributed by atoms with Gasteiger partial charge in [-0.2, -0.15) is 0 Å². The van der Waals surface area contributed by atoms with E-state index < -0.39 is 11.6 Å². The summed E-state index contributed by atoms with van der Waals surface area (Å²) in [5.41, 5.74) is 2.35. The first-order valence-electron chi connectivity index (χ1n) is 10.8. The zero-order valence-corrected chi connectivity index (χ0v) is 19.3. The van der Waals surface area contributed by atoms with Crippen LogP contribution in [-0.4, -0.2) is 60.6 Å². The molecule has 2 aromatic rings. The number of likely N-dealkylation sites (N-methyl/N-ethyl adjacent to an activating group) is 1. The highest BCUT2D eigenvalue weighted by molar-refractivity contribution is 6.07. The van der Waals surface area contributed by atoms with Gasteiger partial charge < -0.3 is 19.5 Å². The Kier molecular flexibility index (Phi) is 5.99. The third-order valence-electron chi connectivity index (χ3n) is 6.43. The van der Waals surface area contributed by atoms with Gasteiger partial charge in [0.15, 0.2) is 5.78 Å². The smallest absolute Gasteiger partial charge is 0.349 e. The SMILES string of the molecule is COc1ccc(CN2C3=C(C=CC2(C(=O)O)N(C)C)C(=O)CCc2ccccc23)c(OC)c1. The second-order valence-electron chi connectivity index (χ2n) is 8.37. The number of carboxylic acids is 1. The molecular formula is C26H28N2O5. The van der Waals surface area contributed by atoms with Crippen LogP contribution >= 0.6 is 0 Å². The molecule has 1 aliphatic carbocycles. The van der Waals surface area contributed by atoms with Gasteiger partial charge in [-0.1, -0.05) is 24.3 Å². The van der Waals surface area contributed by atoms with Crippen LogP contribution in [0.2, 0.25) is 0 Å². The fourth-order valence-corrected chi connectivity index (χ4v) is 4.67. The first kappa shape index (κ1) is 22.6. The average molecular weight is 449 g/mol. The number of fused-ring (bicyclic) bond motifs is 2. The second-order valence-corrected chi connectivity index (χ2v) is 8.37.